The quantitative estimate of drug-likeness (QED) is 0.634. The van der Waals surface area contributed by atoms with Crippen molar-refractivity contribution in [3.8, 4) is 11.3 Å². The maximum Gasteiger partial charge on any atom is 0.251 e. The van der Waals surface area contributed by atoms with E-state index in [2.05, 4.69) is 21.2 Å². The Morgan fingerprint density at radius 3 is 2.56 bits per heavy atom. The third-order valence-electron chi connectivity index (χ3n) is 6.81. The monoisotopic (exact) mass is 460 g/mol. The van der Waals surface area contributed by atoms with Crippen LogP contribution in [0.3, 0.4) is 0 Å². The van der Waals surface area contributed by atoms with Crippen molar-refractivity contribution in [1.82, 2.24) is 20.3 Å². The summed E-state index contributed by atoms with van der Waals surface area (Å²) in [6.07, 6.45) is 2.72. The molecule has 0 radical (unpaired) electrons. The fourth-order valence-electron chi connectivity index (χ4n) is 5.04. The number of ether oxygens (including phenoxy) is 2. The van der Waals surface area contributed by atoms with E-state index in [1.165, 1.54) is 0 Å². The molecule has 3 aliphatic rings. The average Bonchev–Trinajstić information content (AvgIpc) is 3.24. The SMILES string of the molecule is CNC(=O)c1cccc(-c2ccc3c(N4CC5CCC(C4)O5)nc(N4CCOCC4)nc3n2)c1. The second-order valence-electron chi connectivity index (χ2n) is 9.04. The standard InChI is InChI=1S/C25H28N6O3/c1-26-24(32)17-4-2-3-16(13-17)21-8-7-20-22(27-21)28-25(30-9-11-33-12-10-30)29-23(20)31-14-18-5-6-19(15-31)34-18/h2-4,7-8,13,18-19H,5-6,9-12,14-15H2,1H3,(H,26,32). The molecule has 2 aromatic heterocycles. The molecular formula is C25H28N6O3. The van der Waals surface area contributed by atoms with Crippen LogP contribution in [0.2, 0.25) is 0 Å². The highest BCUT2D eigenvalue weighted by Crippen LogP contribution is 2.34. The first-order chi connectivity index (χ1) is 16.7. The van der Waals surface area contributed by atoms with E-state index in [0.29, 0.717) is 30.4 Å². The van der Waals surface area contributed by atoms with Crippen LogP contribution in [0.1, 0.15) is 23.2 Å². The molecule has 0 saturated carbocycles. The van der Waals surface area contributed by atoms with Crippen LogP contribution in [-0.4, -0.2) is 79.5 Å². The lowest BCUT2D eigenvalue weighted by atomic mass is 10.1. The molecule has 0 spiro atoms. The van der Waals surface area contributed by atoms with Crippen LogP contribution in [0.5, 0.6) is 0 Å². The van der Waals surface area contributed by atoms with Crippen LogP contribution in [0.25, 0.3) is 22.3 Å². The molecule has 2 unspecified atom stereocenters. The number of anilines is 2. The molecule has 34 heavy (non-hydrogen) atoms. The van der Waals surface area contributed by atoms with Gasteiger partial charge < -0.3 is 24.6 Å². The van der Waals surface area contributed by atoms with Gasteiger partial charge in [-0.2, -0.15) is 9.97 Å². The number of benzene rings is 1. The third kappa shape index (κ3) is 3.95. The van der Waals surface area contributed by atoms with Crippen LogP contribution in [0.4, 0.5) is 11.8 Å². The second kappa shape index (κ2) is 8.81. The van der Waals surface area contributed by atoms with Crippen molar-refractivity contribution in [2.45, 2.75) is 25.0 Å². The zero-order valence-electron chi connectivity index (χ0n) is 19.2. The normalized spacial score (nSPS) is 22.3. The molecule has 1 aromatic carbocycles. The van der Waals surface area contributed by atoms with E-state index >= 15 is 0 Å². The predicted octanol–water partition coefficient (Wildman–Crippen LogP) is 2.26. The summed E-state index contributed by atoms with van der Waals surface area (Å²) in [7, 11) is 1.63. The number of aromatic nitrogens is 3. The van der Waals surface area contributed by atoms with Gasteiger partial charge in [-0.3, -0.25) is 4.79 Å². The van der Waals surface area contributed by atoms with Gasteiger partial charge in [0.2, 0.25) is 5.95 Å². The fourth-order valence-corrected chi connectivity index (χ4v) is 5.04. The highest BCUT2D eigenvalue weighted by atomic mass is 16.5. The largest absolute Gasteiger partial charge is 0.378 e. The van der Waals surface area contributed by atoms with Gasteiger partial charge in [-0.15, -0.1) is 0 Å². The molecule has 9 nitrogen and oxygen atoms in total. The number of rotatable bonds is 4. The van der Waals surface area contributed by atoms with E-state index in [0.717, 1.165) is 61.5 Å². The summed E-state index contributed by atoms with van der Waals surface area (Å²) in [6.45, 7) is 4.51. The lowest BCUT2D eigenvalue weighted by Gasteiger charge is -2.34. The van der Waals surface area contributed by atoms with Crippen LogP contribution in [0.15, 0.2) is 36.4 Å². The lowest BCUT2D eigenvalue weighted by molar-refractivity contribution is 0.0303. The van der Waals surface area contributed by atoms with E-state index in [-0.39, 0.29) is 18.1 Å². The topological polar surface area (TPSA) is 92.7 Å². The zero-order valence-corrected chi connectivity index (χ0v) is 19.2. The van der Waals surface area contributed by atoms with Crippen LogP contribution in [0, 0.1) is 0 Å². The molecule has 3 fully saturated rings. The number of nitrogens with one attached hydrogen (secondary N) is 1. The first kappa shape index (κ1) is 21.2. The summed E-state index contributed by atoms with van der Waals surface area (Å²) in [4.78, 5) is 31.5. The van der Waals surface area contributed by atoms with Crippen molar-refractivity contribution in [3.05, 3.63) is 42.0 Å². The summed E-state index contributed by atoms with van der Waals surface area (Å²) < 4.78 is 11.6. The fraction of sp³-hybridized carbons (Fsp3) is 0.440. The van der Waals surface area contributed by atoms with E-state index in [1.807, 2.05) is 24.3 Å². The highest BCUT2D eigenvalue weighted by Gasteiger charge is 2.35. The molecule has 9 heteroatoms. The van der Waals surface area contributed by atoms with Gasteiger partial charge in [-0.05, 0) is 37.1 Å². The Labute approximate surface area is 198 Å². The van der Waals surface area contributed by atoms with Gasteiger partial charge >= 0.3 is 0 Å². The van der Waals surface area contributed by atoms with Gasteiger partial charge in [0.05, 0.1) is 36.5 Å². The molecule has 1 N–H and O–H groups in total. The molecule has 2 atom stereocenters. The number of pyridine rings is 1. The van der Waals surface area contributed by atoms with Crippen LogP contribution >= 0.6 is 0 Å². The third-order valence-corrected chi connectivity index (χ3v) is 6.81. The first-order valence-corrected chi connectivity index (χ1v) is 11.9. The number of nitrogens with zero attached hydrogens (tertiary/aromatic N) is 5. The Kier molecular flexibility index (Phi) is 5.50. The van der Waals surface area contributed by atoms with Crippen molar-refractivity contribution in [2.75, 3.05) is 56.2 Å². The summed E-state index contributed by atoms with van der Waals surface area (Å²) in [5.41, 5.74) is 2.91. The van der Waals surface area contributed by atoms with Crippen molar-refractivity contribution < 1.29 is 14.3 Å². The number of carbonyl (C=O) groups excluding carboxylic acids is 1. The molecule has 6 rings (SSSR count). The number of morpholine rings is 2. The summed E-state index contributed by atoms with van der Waals surface area (Å²) in [5, 5.41) is 3.61. The molecule has 2 bridgehead atoms. The molecule has 5 heterocycles. The van der Waals surface area contributed by atoms with Crippen molar-refractivity contribution in [3.63, 3.8) is 0 Å². The Bertz CT molecular complexity index is 1220. The van der Waals surface area contributed by atoms with E-state index < -0.39 is 0 Å². The maximum atomic E-state index is 12.1. The minimum Gasteiger partial charge on any atom is -0.378 e. The predicted molar refractivity (Wildman–Crippen MR) is 129 cm³/mol. The van der Waals surface area contributed by atoms with Gasteiger partial charge in [0.25, 0.3) is 5.91 Å². The van der Waals surface area contributed by atoms with E-state index in [9.17, 15) is 4.79 Å². The lowest BCUT2D eigenvalue weighted by Crippen LogP contribution is -2.43. The molecule has 1 amide bonds. The maximum absolute atomic E-state index is 12.1. The number of hydrogen-bond donors (Lipinski definition) is 1. The molecule has 3 aromatic rings. The molecule has 3 aliphatic heterocycles. The first-order valence-electron chi connectivity index (χ1n) is 11.9. The minimum absolute atomic E-state index is 0.121. The molecule has 176 valence electrons. The van der Waals surface area contributed by atoms with Crippen molar-refractivity contribution >= 4 is 28.7 Å². The van der Waals surface area contributed by atoms with Crippen molar-refractivity contribution in [2.24, 2.45) is 0 Å². The summed E-state index contributed by atoms with van der Waals surface area (Å²) in [6, 6.07) is 11.5. The highest BCUT2D eigenvalue weighted by molar-refractivity contribution is 5.95. The van der Waals surface area contributed by atoms with E-state index in [4.69, 9.17) is 24.4 Å². The van der Waals surface area contributed by atoms with Crippen LogP contribution in [-0.2, 0) is 9.47 Å². The zero-order chi connectivity index (χ0) is 23.1. The van der Waals surface area contributed by atoms with Crippen molar-refractivity contribution in [1.29, 1.82) is 0 Å². The Morgan fingerprint density at radius 2 is 1.79 bits per heavy atom. The number of fused-ring (bicyclic) bond motifs is 3. The number of carbonyl (C=O) groups is 1. The Balaban J connectivity index is 1.44. The smallest absolute Gasteiger partial charge is 0.251 e. The van der Waals surface area contributed by atoms with Gasteiger partial charge in [0.15, 0.2) is 5.65 Å². The van der Waals surface area contributed by atoms with Gasteiger partial charge in [0.1, 0.15) is 5.82 Å². The molecular weight excluding hydrogens is 432 g/mol. The number of hydrogen-bond acceptors (Lipinski definition) is 8. The summed E-state index contributed by atoms with van der Waals surface area (Å²) in [5.74, 6) is 1.49. The molecule has 0 aliphatic carbocycles. The minimum atomic E-state index is -0.121. The average molecular weight is 461 g/mol. The number of amides is 1. The van der Waals surface area contributed by atoms with E-state index in [1.54, 1.807) is 13.1 Å². The van der Waals surface area contributed by atoms with Gasteiger partial charge in [-0.1, -0.05) is 12.1 Å². The van der Waals surface area contributed by atoms with Gasteiger partial charge in [0, 0.05) is 44.4 Å². The molecule has 3 saturated heterocycles. The second-order valence-corrected chi connectivity index (χ2v) is 9.04. The summed E-state index contributed by atoms with van der Waals surface area (Å²) >= 11 is 0. The van der Waals surface area contributed by atoms with Crippen LogP contribution < -0.4 is 15.1 Å². The Morgan fingerprint density at radius 1 is 1.00 bits per heavy atom. The van der Waals surface area contributed by atoms with Gasteiger partial charge in [-0.25, -0.2) is 4.98 Å². The Hall–Kier alpha value is -3.30.